The van der Waals surface area contributed by atoms with E-state index in [9.17, 15) is 4.39 Å². The molecule has 0 atom stereocenters. The van der Waals surface area contributed by atoms with E-state index >= 15 is 0 Å². The lowest BCUT2D eigenvalue weighted by Gasteiger charge is -2.26. The number of fused-ring (bicyclic) bond motifs is 1. The lowest BCUT2D eigenvalue weighted by atomic mass is 10.1. The van der Waals surface area contributed by atoms with Gasteiger partial charge < -0.3 is 4.90 Å². The SMILES string of the molecule is CN1CCCc2nc(-c3ccc(F)cc3)ccc21. The molecule has 0 saturated heterocycles. The number of rotatable bonds is 1. The molecule has 1 aliphatic heterocycles. The summed E-state index contributed by atoms with van der Waals surface area (Å²) >= 11 is 0. The van der Waals surface area contributed by atoms with Gasteiger partial charge in [0.1, 0.15) is 5.82 Å². The number of hydrogen-bond acceptors (Lipinski definition) is 2. The summed E-state index contributed by atoms with van der Waals surface area (Å²) in [6.07, 6.45) is 2.16. The molecule has 3 heteroatoms. The van der Waals surface area contributed by atoms with E-state index in [1.54, 1.807) is 12.1 Å². The number of aromatic nitrogens is 1. The minimum absolute atomic E-state index is 0.212. The van der Waals surface area contributed by atoms with Gasteiger partial charge in [-0.05, 0) is 49.2 Å². The van der Waals surface area contributed by atoms with Crippen LogP contribution in [0.4, 0.5) is 10.1 Å². The van der Waals surface area contributed by atoms with Crippen LogP contribution in [0.1, 0.15) is 12.1 Å². The summed E-state index contributed by atoms with van der Waals surface area (Å²) in [4.78, 5) is 6.94. The maximum atomic E-state index is 12.9. The third kappa shape index (κ3) is 1.96. The van der Waals surface area contributed by atoms with E-state index in [1.165, 1.54) is 17.8 Å². The number of hydrogen-bond donors (Lipinski definition) is 0. The van der Waals surface area contributed by atoms with Gasteiger partial charge in [0.15, 0.2) is 0 Å². The molecule has 0 amide bonds. The normalized spacial score (nSPS) is 14.4. The second kappa shape index (κ2) is 4.41. The fourth-order valence-corrected chi connectivity index (χ4v) is 2.41. The number of halogens is 1. The second-order valence-corrected chi connectivity index (χ2v) is 4.69. The second-order valence-electron chi connectivity index (χ2n) is 4.69. The van der Waals surface area contributed by atoms with Gasteiger partial charge in [0.05, 0.1) is 17.1 Å². The van der Waals surface area contributed by atoms with Gasteiger partial charge in [-0.1, -0.05) is 0 Å². The van der Waals surface area contributed by atoms with E-state index in [2.05, 4.69) is 18.0 Å². The standard InChI is InChI=1S/C15H15FN2/c1-18-10-2-3-14-15(18)9-8-13(17-14)11-4-6-12(16)7-5-11/h4-9H,2-3,10H2,1H3. The predicted octanol–water partition coefficient (Wildman–Crippen LogP) is 3.27. The van der Waals surface area contributed by atoms with Crippen molar-refractivity contribution >= 4 is 5.69 Å². The fraction of sp³-hybridized carbons (Fsp3) is 0.267. The first-order chi connectivity index (χ1) is 8.74. The zero-order valence-corrected chi connectivity index (χ0v) is 10.4. The predicted molar refractivity (Wildman–Crippen MR) is 71.2 cm³/mol. The maximum Gasteiger partial charge on any atom is 0.123 e. The average Bonchev–Trinajstić information content (AvgIpc) is 2.39. The number of pyridine rings is 1. The van der Waals surface area contributed by atoms with Crippen molar-refractivity contribution in [2.24, 2.45) is 0 Å². The largest absolute Gasteiger partial charge is 0.373 e. The zero-order chi connectivity index (χ0) is 12.5. The zero-order valence-electron chi connectivity index (χ0n) is 10.4. The lowest BCUT2D eigenvalue weighted by Crippen LogP contribution is -2.25. The van der Waals surface area contributed by atoms with Crippen molar-refractivity contribution in [2.45, 2.75) is 12.8 Å². The van der Waals surface area contributed by atoms with Gasteiger partial charge in [-0.3, -0.25) is 4.98 Å². The van der Waals surface area contributed by atoms with Crippen molar-refractivity contribution < 1.29 is 4.39 Å². The van der Waals surface area contributed by atoms with E-state index in [0.29, 0.717) is 0 Å². The van der Waals surface area contributed by atoms with Crippen molar-refractivity contribution in [3.63, 3.8) is 0 Å². The van der Waals surface area contributed by atoms with Gasteiger partial charge in [-0.2, -0.15) is 0 Å². The van der Waals surface area contributed by atoms with Gasteiger partial charge >= 0.3 is 0 Å². The molecule has 18 heavy (non-hydrogen) atoms. The Balaban J connectivity index is 2.01. The highest BCUT2D eigenvalue weighted by Crippen LogP contribution is 2.27. The Hall–Kier alpha value is -1.90. The van der Waals surface area contributed by atoms with Crippen LogP contribution < -0.4 is 4.90 Å². The van der Waals surface area contributed by atoms with E-state index in [4.69, 9.17) is 4.98 Å². The summed E-state index contributed by atoms with van der Waals surface area (Å²) in [6, 6.07) is 10.6. The molecule has 2 nitrogen and oxygen atoms in total. The number of nitrogens with zero attached hydrogens (tertiary/aromatic N) is 2. The first kappa shape index (κ1) is 11.2. The molecule has 0 saturated carbocycles. The van der Waals surface area contributed by atoms with E-state index < -0.39 is 0 Å². The molecule has 1 aliphatic rings. The summed E-state index contributed by atoms with van der Waals surface area (Å²) in [5.41, 5.74) is 4.24. The van der Waals surface area contributed by atoms with Crippen LogP contribution in [0.2, 0.25) is 0 Å². The summed E-state index contributed by atoms with van der Waals surface area (Å²) < 4.78 is 12.9. The first-order valence-electron chi connectivity index (χ1n) is 6.21. The molecular formula is C15H15FN2. The highest BCUT2D eigenvalue weighted by Gasteiger charge is 2.15. The molecule has 3 rings (SSSR count). The minimum atomic E-state index is -0.212. The van der Waals surface area contributed by atoms with Crippen molar-refractivity contribution in [1.82, 2.24) is 4.98 Å². The molecule has 0 spiro atoms. The Morgan fingerprint density at radius 1 is 1.11 bits per heavy atom. The molecule has 0 radical (unpaired) electrons. The first-order valence-corrected chi connectivity index (χ1v) is 6.21. The molecule has 1 aromatic heterocycles. The Kier molecular flexibility index (Phi) is 2.74. The van der Waals surface area contributed by atoms with Crippen LogP contribution in [0.15, 0.2) is 36.4 Å². The van der Waals surface area contributed by atoms with Crippen molar-refractivity contribution in [1.29, 1.82) is 0 Å². The topological polar surface area (TPSA) is 16.1 Å². The van der Waals surface area contributed by atoms with Crippen LogP contribution in [-0.4, -0.2) is 18.6 Å². The van der Waals surface area contributed by atoms with Gasteiger partial charge in [0, 0.05) is 19.2 Å². The fourth-order valence-electron chi connectivity index (χ4n) is 2.41. The highest BCUT2D eigenvalue weighted by atomic mass is 19.1. The average molecular weight is 242 g/mol. The third-order valence-electron chi connectivity index (χ3n) is 3.41. The third-order valence-corrected chi connectivity index (χ3v) is 3.41. The van der Waals surface area contributed by atoms with Crippen LogP contribution in [-0.2, 0) is 6.42 Å². The molecule has 0 N–H and O–H groups in total. The Bertz CT molecular complexity index is 563. The van der Waals surface area contributed by atoms with Crippen LogP contribution in [0.5, 0.6) is 0 Å². The van der Waals surface area contributed by atoms with Crippen LogP contribution in [0.3, 0.4) is 0 Å². The smallest absolute Gasteiger partial charge is 0.123 e. The van der Waals surface area contributed by atoms with Gasteiger partial charge in [0.25, 0.3) is 0 Å². The molecule has 2 aromatic rings. The highest BCUT2D eigenvalue weighted by molar-refractivity contribution is 5.63. The summed E-state index contributed by atoms with van der Waals surface area (Å²) in [5, 5.41) is 0. The van der Waals surface area contributed by atoms with E-state index in [0.717, 1.165) is 36.3 Å². The summed E-state index contributed by atoms with van der Waals surface area (Å²) in [6.45, 7) is 1.09. The Labute approximate surface area is 106 Å². The minimum Gasteiger partial charge on any atom is -0.373 e. The van der Waals surface area contributed by atoms with Gasteiger partial charge in [0.2, 0.25) is 0 Å². The molecule has 92 valence electrons. The number of benzene rings is 1. The molecule has 0 bridgehead atoms. The van der Waals surface area contributed by atoms with Crippen molar-refractivity contribution in [3.05, 3.63) is 47.9 Å². The molecule has 0 fully saturated rings. The number of anilines is 1. The Morgan fingerprint density at radius 2 is 1.89 bits per heavy atom. The van der Waals surface area contributed by atoms with Crippen LogP contribution >= 0.6 is 0 Å². The monoisotopic (exact) mass is 242 g/mol. The summed E-state index contributed by atoms with van der Waals surface area (Å²) in [5.74, 6) is -0.212. The molecule has 1 aromatic carbocycles. The molecule has 0 aliphatic carbocycles. The Morgan fingerprint density at radius 3 is 2.67 bits per heavy atom. The van der Waals surface area contributed by atoms with Gasteiger partial charge in [-0.25, -0.2) is 4.39 Å². The lowest BCUT2D eigenvalue weighted by molar-refractivity contribution is 0.628. The van der Waals surface area contributed by atoms with E-state index in [-0.39, 0.29) is 5.82 Å². The van der Waals surface area contributed by atoms with Crippen molar-refractivity contribution in [2.75, 3.05) is 18.5 Å². The van der Waals surface area contributed by atoms with Crippen LogP contribution in [0, 0.1) is 5.82 Å². The molecule has 0 unspecified atom stereocenters. The molecule has 2 heterocycles. The maximum absolute atomic E-state index is 12.9. The van der Waals surface area contributed by atoms with Crippen molar-refractivity contribution in [3.8, 4) is 11.3 Å². The summed E-state index contributed by atoms with van der Waals surface area (Å²) in [7, 11) is 2.09. The molecular weight excluding hydrogens is 227 g/mol. The van der Waals surface area contributed by atoms with Gasteiger partial charge in [-0.15, -0.1) is 0 Å². The van der Waals surface area contributed by atoms with E-state index in [1.807, 2.05) is 6.07 Å². The number of aryl methyl sites for hydroxylation is 1. The van der Waals surface area contributed by atoms with Crippen LogP contribution in [0.25, 0.3) is 11.3 Å². The quantitative estimate of drug-likeness (QED) is 0.763.